The maximum atomic E-state index is 12.5. The molecule has 1 amide bonds. The van der Waals surface area contributed by atoms with Gasteiger partial charge in [0.15, 0.2) is 0 Å². The van der Waals surface area contributed by atoms with Crippen LogP contribution in [0.3, 0.4) is 0 Å². The quantitative estimate of drug-likeness (QED) is 0.743. The van der Waals surface area contributed by atoms with E-state index in [0.29, 0.717) is 18.5 Å². The van der Waals surface area contributed by atoms with Crippen LogP contribution in [0.2, 0.25) is 0 Å². The molecule has 1 atom stereocenters. The molecule has 1 N–H and O–H groups in total. The summed E-state index contributed by atoms with van der Waals surface area (Å²) in [5.41, 5.74) is 5.21. The Bertz CT molecular complexity index is 965. The summed E-state index contributed by atoms with van der Waals surface area (Å²) in [6.07, 6.45) is 5.05. The minimum absolute atomic E-state index is 0.0272. The smallest absolute Gasteiger partial charge is 0.232 e. The summed E-state index contributed by atoms with van der Waals surface area (Å²) in [4.78, 5) is 12.5. The Balaban J connectivity index is 1.61. The first kappa shape index (κ1) is 21.4. The highest BCUT2D eigenvalue weighted by atomic mass is 32.2. The summed E-state index contributed by atoms with van der Waals surface area (Å²) in [5, 5.41) is 3.14. The van der Waals surface area contributed by atoms with E-state index < -0.39 is 10.0 Å². The van der Waals surface area contributed by atoms with Crippen molar-refractivity contribution in [3.05, 3.63) is 64.7 Å². The van der Waals surface area contributed by atoms with E-state index in [-0.39, 0.29) is 18.5 Å². The number of fused-ring (bicyclic) bond motifs is 1. The summed E-state index contributed by atoms with van der Waals surface area (Å²) in [5.74, 6) is -0.0272. The average Bonchev–Trinajstić information content (AvgIpc) is 2.63. The van der Waals surface area contributed by atoms with E-state index in [1.54, 1.807) is 0 Å². The van der Waals surface area contributed by atoms with Crippen molar-refractivity contribution < 1.29 is 13.2 Å². The summed E-state index contributed by atoms with van der Waals surface area (Å²) in [6.45, 7) is 4.19. The highest BCUT2D eigenvalue weighted by Gasteiger charge is 2.22. The summed E-state index contributed by atoms with van der Waals surface area (Å²) in [6, 6.07) is 14.1. The molecule has 0 radical (unpaired) electrons. The lowest BCUT2D eigenvalue weighted by Gasteiger charge is -2.27. The van der Waals surface area contributed by atoms with Gasteiger partial charge in [0.05, 0.1) is 18.0 Å². The van der Waals surface area contributed by atoms with Gasteiger partial charge in [-0.2, -0.15) is 0 Å². The average molecular weight is 415 g/mol. The van der Waals surface area contributed by atoms with Crippen molar-refractivity contribution in [2.45, 2.75) is 52.0 Å². The molecule has 2 aromatic carbocycles. The highest BCUT2D eigenvalue weighted by Crippen LogP contribution is 2.29. The van der Waals surface area contributed by atoms with Gasteiger partial charge in [-0.25, -0.2) is 8.42 Å². The van der Waals surface area contributed by atoms with Gasteiger partial charge in [0.1, 0.15) is 0 Å². The first-order chi connectivity index (χ1) is 13.7. The Morgan fingerprint density at radius 3 is 2.52 bits per heavy atom. The molecular weight excluding hydrogens is 384 g/mol. The van der Waals surface area contributed by atoms with Crippen molar-refractivity contribution in [2.75, 3.05) is 17.1 Å². The fourth-order valence-corrected chi connectivity index (χ4v) is 5.08. The number of benzene rings is 2. The number of nitrogens with one attached hydrogen (secondary N) is 1. The van der Waals surface area contributed by atoms with Crippen molar-refractivity contribution in [3.63, 3.8) is 0 Å². The third-order valence-corrected chi connectivity index (χ3v) is 6.56. The third kappa shape index (κ3) is 5.60. The molecule has 0 bridgehead atoms. The van der Waals surface area contributed by atoms with Gasteiger partial charge in [-0.3, -0.25) is 9.10 Å². The Labute approximate surface area is 174 Å². The predicted molar refractivity (Wildman–Crippen MR) is 118 cm³/mol. The van der Waals surface area contributed by atoms with Crippen LogP contribution in [0.4, 0.5) is 5.69 Å². The van der Waals surface area contributed by atoms with Gasteiger partial charge in [0.25, 0.3) is 0 Å². The maximum Gasteiger partial charge on any atom is 0.232 e. The third-order valence-electron chi connectivity index (χ3n) is 5.36. The van der Waals surface area contributed by atoms with E-state index in [2.05, 4.69) is 17.4 Å². The van der Waals surface area contributed by atoms with Crippen LogP contribution >= 0.6 is 0 Å². The largest absolute Gasteiger partial charge is 0.349 e. The van der Waals surface area contributed by atoms with Crippen LogP contribution in [0.5, 0.6) is 0 Å². The van der Waals surface area contributed by atoms with Gasteiger partial charge >= 0.3 is 0 Å². The monoisotopic (exact) mass is 414 g/mol. The number of nitrogens with zero attached hydrogens (tertiary/aromatic N) is 1. The lowest BCUT2D eigenvalue weighted by Crippen LogP contribution is -2.33. The highest BCUT2D eigenvalue weighted by molar-refractivity contribution is 7.92. The first-order valence-corrected chi connectivity index (χ1v) is 12.0. The van der Waals surface area contributed by atoms with Crippen LogP contribution < -0.4 is 9.62 Å². The van der Waals surface area contributed by atoms with Crippen molar-refractivity contribution in [1.82, 2.24) is 5.32 Å². The second-order valence-electron chi connectivity index (χ2n) is 8.00. The van der Waals surface area contributed by atoms with Gasteiger partial charge in [-0.05, 0) is 73.9 Å². The summed E-state index contributed by atoms with van der Waals surface area (Å²) in [7, 11) is -3.41. The van der Waals surface area contributed by atoms with Crippen LogP contribution in [0.1, 0.15) is 54.0 Å². The number of anilines is 1. The van der Waals surface area contributed by atoms with E-state index in [9.17, 15) is 13.2 Å². The molecule has 0 aliphatic heterocycles. The topological polar surface area (TPSA) is 66.5 Å². The Kier molecular flexibility index (Phi) is 6.63. The molecule has 0 fully saturated rings. The predicted octanol–water partition coefficient (Wildman–Crippen LogP) is 4.04. The van der Waals surface area contributed by atoms with E-state index in [0.717, 1.165) is 30.4 Å². The number of amides is 1. The molecule has 5 nitrogen and oxygen atoms in total. The minimum atomic E-state index is -3.41. The summed E-state index contributed by atoms with van der Waals surface area (Å²) >= 11 is 0. The number of carbonyl (C=O) groups is 1. The van der Waals surface area contributed by atoms with Crippen LogP contribution in [0, 0.1) is 13.8 Å². The molecule has 2 aromatic rings. The van der Waals surface area contributed by atoms with Crippen molar-refractivity contribution in [1.29, 1.82) is 0 Å². The van der Waals surface area contributed by atoms with Crippen molar-refractivity contribution in [2.24, 2.45) is 0 Å². The first-order valence-electron chi connectivity index (χ1n) is 10.2. The van der Waals surface area contributed by atoms with Crippen LogP contribution in [0.25, 0.3) is 0 Å². The molecule has 6 heteroatoms. The van der Waals surface area contributed by atoms with Gasteiger partial charge in [-0.15, -0.1) is 0 Å². The van der Waals surface area contributed by atoms with Crippen LogP contribution in [-0.4, -0.2) is 27.1 Å². The molecule has 29 heavy (non-hydrogen) atoms. The van der Waals surface area contributed by atoms with E-state index >= 15 is 0 Å². The van der Waals surface area contributed by atoms with Gasteiger partial charge in [0.2, 0.25) is 15.9 Å². The fourth-order valence-electron chi connectivity index (χ4n) is 4.13. The molecule has 156 valence electrons. The molecular formula is C23H30N2O3S. The van der Waals surface area contributed by atoms with E-state index in [1.807, 2.05) is 44.2 Å². The van der Waals surface area contributed by atoms with E-state index in [4.69, 9.17) is 0 Å². The standard InChI is InChI=1S/C23H30N2O3S/c1-17-14-18(2)16-20(15-17)25(29(3,27)28)13-7-12-23(26)24-22-11-6-9-19-8-4-5-10-21(19)22/h4-5,8,10,14-16,22H,6-7,9,11-13H2,1-3H3,(H,24,26)/t22-/m0/s1. The number of carbonyl (C=O) groups excluding carboxylic acids is 1. The molecule has 0 saturated carbocycles. The van der Waals surface area contributed by atoms with E-state index in [1.165, 1.54) is 21.7 Å². The lowest BCUT2D eigenvalue weighted by atomic mass is 9.87. The van der Waals surface area contributed by atoms with Gasteiger partial charge in [-0.1, -0.05) is 30.3 Å². The molecule has 0 heterocycles. The Morgan fingerprint density at radius 2 is 1.83 bits per heavy atom. The molecule has 1 aliphatic carbocycles. The van der Waals surface area contributed by atoms with Crippen molar-refractivity contribution >= 4 is 21.6 Å². The number of aryl methyl sites for hydroxylation is 3. The normalized spacial score (nSPS) is 16.2. The molecule has 0 saturated heterocycles. The summed E-state index contributed by atoms with van der Waals surface area (Å²) < 4.78 is 26.0. The van der Waals surface area contributed by atoms with Gasteiger partial charge in [0, 0.05) is 13.0 Å². The Hall–Kier alpha value is -2.34. The number of sulfonamides is 1. The van der Waals surface area contributed by atoms with Crippen LogP contribution in [0.15, 0.2) is 42.5 Å². The molecule has 0 aromatic heterocycles. The van der Waals surface area contributed by atoms with Crippen molar-refractivity contribution in [3.8, 4) is 0 Å². The number of hydrogen-bond donors (Lipinski definition) is 1. The van der Waals surface area contributed by atoms with Gasteiger partial charge < -0.3 is 5.32 Å². The SMILES string of the molecule is Cc1cc(C)cc(N(CCCC(=O)N[C@H]2CCCc3ccccc32)S(C)(=O)=O)c1. The fraction of sp³-hybridized carbons (Fsp3) is 0.435. The second-order valence-corrected chi connectivity index (χ2v) is 9.90. The zero-order valence-electron chi connectivity index (χ0n) is 17.4. The molecule has 1 aliphatic rings. The zero-order chi connectivity index (χ0) is 21.0. The lowest BCUT2D eigenvalue weighted by molar-refractivity contribution is -0.122. The number of rotatable bonds is 7. The Morgan fingerprint density at radius 1 is 1.14 bits per heavy atom. The van der Waals surface area contributed by atoms with Crippen LogP contribution in [-0.2, 0) is 21.2 Å². The molecule has 3 rings (SSSR count). The molecule has 0 unspecified atom stereocenters. The minimum Gasteiger partial charge on any atom is -0.349 e. The number of hydrogen-bond acceptors (Lipinski definition) is 3. The second kappa shape index (κ2) is 8.99. The maximum absolute atomic E-state index is 12.5. The molecule has 0 spiro atoms. The zero-order valence-corrected chi connectivity index (χ0v) is 18.3.